The van der Waals surface area contributed by atoms with Crippen LogP contribution in [0.2, 0.25) is 0 Å². The molecule has 1 heterocycles. The number of hydrogen-bond acceptors (Lipinski definition) is 7. The highest BCUT2D eigenvalue weighted by Gasteiger charge is 2.39. The second-order valence-corrected chi connectivity index (χ2v) is 6.68. The van der Waals surface area contributed by atoms with Gasteiger partial charge in [-0.05, 0) is 24.3 Å². The first-order chi connectivity index (χ1) is 11.4. The first-order valence-electron chi connectivity index (χ1n) is 6.77. The van der Waals surface area contributed by atoms with Crippen LogP contribution in [0.4, 0.5) is 0 Å². The van der Waals surface area contributed by atoms with Gasteiger partial charge < -0.3 is 14.2 Å². The van der Waals surface area contributed by atoms with Crippen LogP contribution in [0.5, 0.6) is 11.5 Å². The number of fused-ring (bicyclic) bond motifs is 2. The van der Waals surface area contributed by atoms with Crippen LogP contribution >= 0.6 is 0 Å². The number of hydrogen-bond donors (Lipinski definition) is 0. The second-order valence-electron chi connectivity index (χ2n) is 4.85. The fourth-order valence-corrected chi connectivity index (χ4v) is 4.34. The van der Waals surface area contributed by atoms with E-state index in [1.807, 2.05) is 0 Å². The minimum absolute atomic E-state index is 0.00702. The molecule has 0 aromatic heterocycles. The van der Waals surface area contributed by atoms with Crippen molar-refractivity contribution in [2.24, 2.45) is 0 Å². The monoisotopic (exact) mass is 348 g/mol. The van der Waals surface area contributed by atoms with Gasteiger partial charge in [0, 0.05) is 0 Å². The van der Waals surface area contributed by atoms with Gasteiger partial charge in [-0.1, -0.05) is 12.1 Å². The average molecular weight is 348 g/mol. The lowest BCUT2D eigenvalue weighted by atomic mass is 10.2. The summed E-state index contributed by atoms with van der Waals surface area (Å²) < 4.78 is 41.0. The molecule has 2 aromatic rings. The molecule has 0 spiro atoms. The zero-order valence-electron chi connectivity index (χ0n) is 12.7. The van der Waals surface area contributed by atoms with Crippen LogP contribution in [0, 0.1) is 0 Å². The van der Waals surface area contributed by atoms with Crippen molar-refractivity contribution in [1.82, 2.24) is 0 Å². The Morgan fingerprint density at radius 2 is 1.25 bits per heavy atom. The molecule has 0 saturated carbocycles. The average Bonchev–Trinajstić information content (AvgIpc) is 2.59. The molecule has 0 saturated heterocycles. The maximum atomic E-state index is 13.1. The number of esters is 2. The van der Waals surface area contributed by atoms with Gasteiger partial charge in [-0.2, -0.15) is 0 Å². The van der Waals surface area contributed by atoms with Gasteiger partial charge in [0.05, 0.1) is 25.3 Å². The third kappa shape index (κ3) is 2.23. The van der Waals surface area contributed by atoms with Crippen LogP contribution in [0.3, 0.4) is 0 Å². The van der Waals surface area contributed by atoms with Crippen molar-refractivity contribution in [2.75, 3.05) is 14.2 Å². The molecule has 0 radical (unpaired) electrons. The van der Waals surface area contributed by atoms with Crippen LogP contribution in [0.1, 0.15) is 20.7 Å². The molecule has 0 fully saturated rings. The fraction of sp³-hybridized carbons (Fsp3) is 0.125. The third-order valence-electron chi connectivity index (χ3n) is 3.53. The lowest BCUT2D eigenvalue weighted by Crippen LogP contribution is -2.19. The predicted molar refractivity (Wildman–Crippen MR) is 81.1 cm³/mol. The highest BCUT2D eigenvalue weighted by molar-refractivity contribution is 7.92. The van der Waals surface area contributed by atoms with E-state index < -0.39 is 21.8 Å². The minimum atomic E-state index is -4.20. The Balaban J connectivity index is 2.35. The van der Waals surface area contributed by atoms with Crippen molar-refractivity contribution in [3.05, 3.63) is 47.5 Å². The van der Waals surface area contributed by atoms with Crippen LogP contribution in [-0.2, 0) is 19.3 Å². The first-order valence-corrected chi connectivity index (χ1v) is 8.25. The highest BCUT2D eigenvalue weighted by Crippen LogP contribution is 2.45. The Hall–Kier alpha value is -2.87. The van der Waals surface area contributed by atoms with E-state index in [9.17, 15) is 18.0 Å². The van der Waals surface area contributed by atoms with E-state index in [0.717, 1.165) is 14.2 Å². The summed E-state index contributed by atoms with van der Waals surface area (Å²) in [6.45, 7) is 0. The summed E-state index contributed by atoms with van der Waals surface area (Å²) in [6.07, 6.45) is 0. The third-order valence-corrected chi connectivity index (χ3v) is 5.44. The summed E-state index contributed by atoms with van der Waals surface area (Å²) in [7, 11) is -1.91. The number of carbonyl (C=O) groups excluding carboxylic acids is 2. The summed E-state index contributed by atoms with van der Waals surface area (Å²) in [5.41, 5.74) is -0.333. The summed E-state index contributed by atoms with van der Waals surface area (Å²) in [5, 5.41) is 0. The Morgan fingerprint density at radius 1 is 0.833 bits per heavy atom. The minimum Gasteiger partial charge on any atom is -0.465 e. The standard InChI is InChI=1S/C16H12O7S/c1-21-15(17)9-5-3-7-11-13(9)24(19,20)14-10(16(18)22-2)6-4-8-12(14)23-11/h3-8H,1-2H3. The Bertz CT molecular complexity index is 889. The van der Waals surface area contributed by atoms with Crippen molar-refractivity contribution in [3.63, 3.8) is 0 Å². The van der Waals surface area contributed by atoms with Gasteiger partial charge in [0.25, 0.3) is 0 Å². The molecule has 1 aliphatic heterocycles. The van der Waals surface area contributed by atoms with Gasteiger partial charge in [-0.3, -0.25) is 0 Å². The molecule has 7 nitrogen and oxygen atoms in total. The van der Waals surface area contributed by atoms with Crippen molar-refractivity contribution < 1.29 is 32.2 Å². The highest BCUT2D eigenvalue weighted by atomic mass is 32.2. The van der Waals surface area contributed by atoms with E-state index in [1.165, 1.54) is 36.4 Å². The number of sulfone groups is 1. The topological polar surface area (TPSA) is 96.0 Å². The molecule has 0 N–H and O–H groups in total. The molecule has 3 rings (SSSR count). The second kappa shape index (κ2) is 5.64. The summed E-state index contributed by atoms with van der Waals surface area (Å²) >= 11 is 0. The van der Waals surface area contributed by atoms with Gasteiger partial charge in [0.2, 0.25) is 9.84 Å². The molecule has 1 aliphatic rings. The Labute approximate surface area is 137 Å². The van der Waals surface area contributed by atoms with Crippen LogP contribution in [0.15, 0.2) is 46.2 Å². The van der Waals surface area contributed by atoms with Crippen LogP contribution in [0.25, 0.3) is 0 Å². The lowest BCUT2D eigenvalue weighted by Gasteiger charge is -2.23. The maximum Gasteiger partial charge on any atom is 0.339 e. The molecular formula is C16H12O7S. The van der Waals surface area contributed by atoms with Crippen molar-refractivity contribution in [1.29, 1.82) is 0 Å². The molecule has 0 bridgehead atoms. The van der Waals surface area contributed by atoms with Gasteiger partial charge in [0.1, 0.15) is 21.3 Å². The Morgan fingerprint density at radius 3 is 1.62 bits per heavy atom. The normalized spacial score (nSPS) is 13.9. The number of ether oxygens (including phenoxy) is 3. The fourth-order valence-electron chi connectivity index (χ4n) is 2.51. The zero-order chi connectivity index (χ0) is 17.5. The SMILES string of the molecule is COC(=O)c1cccc2c1S(=O)(=O)c1c(cccc1C(=O)OC)O2. The van der Waals surface area contributed by atoms with Crippen LogP contribution < -0.4 is 4.74 Å². The molecule has 0 amide bonds. The number of methoxy groups -OCH3 is 2. The molecule has 0 aliphatic carbocycles. The molecular weight excluding hydrogens is 336 g/mol. The summed E-state index contributed by atoms with van der Waals surface area (Å²) in [6, 6.07) is 8.44. The van der Waals surface area contributed by atoms with Crippen molar-refractivity contribution in [2.45, 2.75) is 9.79 Å². The van der Waals surface area contributed by atoms with Crippen LogP contribution in [-0.4, -0.2) is 34.6 Å². The predicted octanol–water partition coefficient (Wildman–Crippen LogP) is 2.20. The summed E-state index contributed by atoms with van der Waals surface area (Å²) in [4.78, 5) is 23.2. The Kier molecular flexibility index (Phi) is 3.76. The van der Waals surface area contributed by atoms with E-state index in [0.29, 0.717) is 0 Å². The molecule has 8 heteroatoms. The van der Waals surface area contributed by atoms with Gasteiger partial charge in [0.15, 0.2) is 0 Å². The van der Waals surface area contributed by atoms with Gasteiger partial charge >= 0.3 is 11.9 Å². The van der Waals surface area contributed by atoms with Gasteiger partial charge in [-0.15, -0.1) is 0 Å². The van der Waals surface area contributed by atoms with E-state index >= 15 is 0 Å². The van der Waals surface area contributed by atoms with E-state index in [-0.39, 0.29) is 32.4 Å². The molecule has 2 aromatic carbocycles. The molecule has 24 heavy (non-hydrogen) atoms. The van der Waals surface area contributed by atoms with E-state index in [4.69, 9.17) is 4.74 Å². The smallest absolute Gasteiger partial charge is 0.339 e. The van der Waals surface area contributed by atoms with E-state index in [1.54, 1.807) is 0 Å². The van der Waals surface area contributed by atoms with E-state index in [2.05, 4.69) is 9.47 Å². The zero-order valence-corrected chi connectivity index (χ0v) is 13.5. The quantitative estimate of drug-likeness (QED) is 0.655. The summed E-state index contributed by atoms with van der Waals surface area (Å²) in [5.74, 6) is -1.66. The van der Waals surface area contributed by atoms with Crippen molar-refractivity contribution in [3.8, 4) is 11.5 Å². The molecule has 0 atom stereocenters. The molecule has 0 unspecified atom stereocenters. The van der Waals surface area contributed by atoms with Gasteiger partial charge in [-0.25, -0.2) is 18.0 Å². The maximum absolute atomic E-state index is 13.1. The number of rotatable bonds is 2. The number of carbonyl (C=O) groups is 2. The largest absolute Gasteiger partial charge is 0.465 e. The first kappa shape index (κ1) is 16.0. The number of benzene rings is 2. The van der Waals surface area contributed by atoms with Crippen molar-refractivity contribution >= 4 is 21.8 Å². The lowest BCUT2D eigenvalue weighted by molar-refractivity contribution is 0.0589. The molecule has 124 valence electrons.